The smallest absolute Gasteiger partial charge is 0.0716 e. The van der Waals surface area contributed by atoms with Crippen molar-refractivity contribution in [3.63, 3.8) is 0 Å². The molecule has 0 spiro atoms. The van der Waals surface area contributed by atoms with Gasteiger partial charge >= 0.3 is 0 Å². The maximum absolute atomic E-state index is 5.60. The van der Waals surface area contributed by atoms with Gasteiger partial charge in [-0.2, -0.15) is 0 Å². The SMILES string of the molecule is C#CC(CCOCc1ccccc1)NCCC. The van der Waals surface area contributed by atoms with Crippen LogP contribution in [0.5, 0.6) is 0 Å². The molecular weight excluding hydrogens is 210 g/mol. The van der Waals surface area contributed by atoms with Crippen LogP contribution in [0, 0.1) is 12.3 Å². The molecule has 0 bridgehead atoms. The third-order valence-corrected chi connectivity index (χ3v) is 2.50. The van der Waals surface area contributed by atoms with Gasteiger partial charge in [0, 0.05) is 6.61 Å². The van der Waals surface area contributed by atoms with E-state index in [1.54, 1.807) is 0 Å². The topological polar surface area (TPSA) is 21.3 Å². The van der Waals surface area contributed by atoms with Crippen molar-refractivity contribution in [2.45, 2.75) is 32.4 Å². The average molecular weight is 231 g/mol. The van der Waals surface area contributed by atoms with Gasteiger partial charge < -0.3 is 10.1 Å². The molecule has 2 nitrogen and oxygen atoms in total. The molecule has 1 aromatic rings. The molecule has 17 heavy (non-hydrogen) atoms. The van der Waals surface area contributed by atoms with Crippen LogP contribution in [0.15, 0.2) is 30.3 Å². The predicted molar refractivity (Wildman–Crippen MR) is 71.6 cm³/mol. The highest BCUT2D eigenvalue weighted by Gasteiger charge is 2.02. The van der Waals surface area contributed by atoms with E-state index < -0.39 is 0 Å². The number of terminal acetylenes is 1. The van der Waals surface area contributed by atoms with E-state index in [9.17, 15) is 0 Å². The van der Waals surface area contributed by atoms with Gasteiger partial charge in [-0.05, 0) is 24.9 Å². The van der Waals surface area contributed by atoms with E-state index in [1.807, 2.05) is 18.2 Å². The molecule has 0 aliphatic carbocycles. The van der Waals surface area contributed by atoms with Crippen LogP contribution < -0.4 is 5.32 Å². The summed E-state index contributed by atoms with van der Waals surface area (Å²) >= 11 is 0. The molecule has 92 valence electrons. The van der Waals surface area contributed by atoms with Gasteiger partial charge in [-0.1, -0.05) is 43.2 Å². The number of benzene rings is 1. The van der Waals surface area contributed by atoms with E-state index in [0.29, 0.717) is 13.2 Å². The highest BCUT2D eigenvalue weighted by molar-refractivity contribution is 5.13. The van der Waals surface area contributed by atoms with E-state index >= 15 is 0 Å². The van der Waals surface area contributed by atoms with E-state index in [1.165, 1.54) is 5.56 Å². The fraction of sp³-hybridized carbons (Fsp3) is 0.467. The van der Waals surface area contributed by atoms with Crippen molar-refractivity contribution in [1.82, 2.24) is 5.32 Å². The lowest BCUT2D eigenvalue weighted by Crippen LogP contribution is -2.29. The first kappa shape index (κ1) is 13.8. The first-order valence-corrected chi connectivity index (χ1v) is 6.18. The fourth-order valence-corrected chi connectivity index (χ4v) is 1.53. The molecule has 1 aromatic carbocycles. The largest absolute Gasteiger partial charge is 0.377 e. The lowest BCUT2D eigenvalue weighted by atomic mass is 10.2. The van der Waals surface area contributed by atoms with Crippen molar-refractivity contribution >= 4 is 0 Å². The van der Waals surface area contributed by atoms with Crippen molar-refractivity contribution in [3.8, 4) is 12.3 Å². The summed E-state index contributed by atoms with van der Waals surface area (Å²) in [4.78, 5) is 0. The van der Waals surface area contributed by atoms with Crippen molar-refractivity contribution in [2.24, 2.45) is 0 Å². The monoisotopic (exact) mass is 231 g/mol. The van der Waals surface area contributed by atoms with Gasteiger partial charge in [0.2, 0.25) is 0 Å². The van der Waals surface area contributed by atoms with Crippen LogP contribution in [-0.2, 0) is 11.3 Å². The first-order valence-electron chi connectivity index (χ1n) is 6.18. The van der Waals surface area contributed by atoms with Crippen molar-refractivity contribution in [2.75, 3.05) is 13.2 Å². The van der Waals surface area contributed by atoms with Crippen LogP contribution >= 0.6 is 0 Å². The zero-order valence-electron chi connectivity index (χ0n) is 10.5. The molecule has 0 aromatic heterocycles. The van der Waals surface area contributed by atoms with Crippen LogP contribution in [0.4, 0.5) is 0 Å². The normalized spacial score (nSPS) is 12.0. The van der Waals surface area contributed by atoms with Crippen LogP contribution in [0.3, 0.4) is 0 Å². The molecule has 1 unspecified atom stereocenters. The fourth-order valence-electron chi connectivity index (χ4n) is 1.53. The van der Waals surface area contributed by atoms with Crippen molar-refractivity contribution in [1.29, 1.82) is 0 Å². The molecular formula is C15H21NO. The molecule has 2 heteroatoms. The molecule has 0 fully saturated rings. The Morgan fingerprint density at radius 3 is 2.76 bits per heavy atom. The Hall–Kier alpha value is -1.30. The predicted octanol–water partition coefficient (Wildman–Crippen LogP) is 2.59. The van der Waals surface area contributed by atoms with Crippen LogP contribution in [-0.4, -0.2) is 19.2 Å². The molecule has 0 aliphatic heterocycles. The summed E-state index contributed by atoms with van der Waals surface area (Å²) in [5, 5.41) is 3.30. The van der Waals surface area contributed by atoms with Gasteiger partial charge in [0.05, 0.1) is 12.6 Å². The Morgan fingerprint density at radius 2 is 2.12 bits per heavy atom. The molecule has 0 saturated heterocycles. The lowest BCUT2D eigenvalue weighted by molar-refractivity contribution is 0.115. The van der Waals surface area contributed by atoms with Gasteiger partial charge in [-0.15, -0.1) is 6.42 Å². The zero-order chi connectivity index (χ0) is 12.3. The Bertz CT molecular complexity index is 329. The quantitative estimate of drug-likeness (QED) is 0.548. The van der Waals surface area contributed by atoms with E-state index in [2.05, 4.69) is 30.3 Å². The Balaban J connectivity index is 2.13. The minimum Gasteiger partial charge on any atom is -0.377 e. The molecule has 1 atom stereocenters. The first-order chi connectivity index (χ1) is 8.36. The standard InChI is InChI=1S/C15H21NO/c1-3-11-16-15(4-2)10-12-17-13-14-8-6-5-7-9-14/h2,5-9,15-16H,3,10-13H2,1H3. The van der Waals surface area contributed by atoms with Crippen molar-refractivity contribution < 1.29 is 4.74 Å². The summed E-state index contributed by atoms with van der Waals surface area (Å²) in [7, 11) is 0. The number of rotatable bonds is 8. The average Bonchev–Trinajstić information content (AvgIpc) is 2.39. The number of ether oxygens (including phenoxy) is 1. The molecule has 1 rings (SSSR count). The number of hydrogen-bond donors (Lipinski definition) is 1. The second-order valence-corrected chi connectivity index (χ2v) is 4.00. The Morgan fingerprint density at radius 1 is 1.35 bits per heavy atom. The third kappa shape index (κ3) is 6.11. The van der Waals surface area contributed by atoms with Crippen molar-refractivity contribution in [3.05, 3.63) is 35.9 Å². The van der Waals surface area contributed by atoms with Gasteiger partial charge in [0.25, 0.3) is 0 Å². The van der Waals surface area contributed by atoms with Crippen LogP contribution in [0.25, 0.3) is 0 Å². The van der Waals surface area contributed by atoms with E-state index in [4.69, 9.17) is 11.2 Å². The number of hydrogen-bond acceptors (Lipinski definition) is 2. The van der Waals surface area contributed by atoms with Gasteiger partial charge in [-0.3, -0.25) is 0 Å². The van der Waals surface area contributed by atoms with Crippen LogP contribution in [0.1, 0.15) is 25.3 Å². The Kier molecular flexibility index (Phi) is 7.13. The maximum atomic E-state index is 5.60. The summed E-state index contributed by atoms with van der Waals surface area (Å²) < 4.78 is 5.60. The highest BCUT2D eigenvalue weighted by Crippen LogP contribution is 2.01. The minimum absolute atomic E-state index is 0.130. The van der Waals surface area contributed by atoms with E-state index in [0.717, 1.165) is 19.4 Å². The summed E-state index contributed by atoms with van der Waals surface area (Å²) in [6, 6.07) is 10.3. The summed E-state index contributed by atoms with van der Waals surface area (Å²) in [5.74, 6) is 2.74. The Labute approximate surface area is 104 Å². The third-order valence-electron chi connectivity index (χ3n) is 2.50. The van der Waals surface area contributed by atoms with Crippen LogP contribution in [0.2, 0.25) is 0 Å². The second kappa shape index (κ2) is 8.81. The minimum atomic E-state index is 0.130. The highest BCUT2D eigenvalue weighted by atomic mass is 16.5. The molecule has 0 aliphatic rings. The summed E-state index contributed by atoms with van der Waals surface area (Å²) in [5.41, 5.74) is 1.20. The number of nitrogens with one attached hydrogen (secondary N) is 1. The van der Waals surface area contributed by atoms with Gasteiger partial charge in [0.15, 0.2) is 0 Å². The van der Waals surface area contributed by atoms with Gasteiger partial charge in [0.1, 0.15) is 0 Å². The van der Waals surface area contributed by atoms with E-state index in [-0.39, 0.29) is 6.04 Å². The summed E-state index contributed by atoms with van der Waals surface area (Å²) in [6.45, 7) is 4.45. The second-order valence-electron chi connectivity index (χ2n) is 4.00. The zero-order valence-corrected chi connectivity index (χ0v) is 10.5. The molecule has 0 amide bonds. The summed E-state index contributed by atoms with van der Waals surface area (Å²) in [6.07, 6.45) is 7.40. The van der Waals surface area contributed by atoms with Gasteiger partial charge in [-0.25, -0.2) is 0 Å². The molecule has 0 radical (unpaired) electrons. The molecule has 1 N–H and O–H groups in total. The molecule has 0 heterocycles. The maximum Gasteiger partial charge on any atom is 0.0716 e. The molecule has 0 saturated carbocycles. The lowest BCUT2D eigenvalue weighted by Gasteiger charge is -2.12.